The lowest BCUT2D eigenvalue weighted by Gasteiger charge is -1.71. The summed E-state index contributed by atoms with van der Waals surface area (Å²) in [6.45, 7) is 4.03. The van der Waals surface area contributed by atoms with E-state index in [1.165, 1.54) is 0 Å². The van der Waals surface area contributed by atoms with Gasteiger partial charge in [0.25, 0.3) is 0 Å². The van der Waals surface area contributed by atoms with Crippen LogP contribution >= 0.6 is 0 Å². The third-order valence-electron chi connectivity index (χ3n) is 0.270. The van der Waals surface area contributed by atoms with Crippen LogP contribution in [0.25, 0.3) is 0 Å². The van der Waals surface area contributed by atoms with E-state index in [0.29, 0.717) is 6.54 Å². The molecule has 0 atom stereocenters. The Morgan fingerprint density at radius 1 is 1.80 bits per heavy atom. The number of hydrogen-bond acceptors (Lipinski definition) is 2. The quantitative estimate of drug-likeness (QED) is 0.475. The minimum Gasteiger partial charge on any atom is -0.210 e. The van der Waals surface area contributed by atoms with Gasteiger partial charge < -0.3 is 0 Å². The molecule has 0 rings (SSSR count). The average molecular weight is 71.1 g/mol. The van der Waals surface area contributed by atoms with Crippen molar-refractivity contribution in [2.24, 2.45) is 5.11 Å². The van der Waals surface area contributed by atoms with Gasteiger partial charge in [-0.05, 0) is 6.42 Å². The highest BCUT2D eigenvalue weighted by Gasteiger charge is 1.64. The Kier molecular flexibility index (Phi) is 3.31. The smallest absolute Gasteiger partial charge is 0.0596 e. The fraction of sp³-hybridized carbons (Fsp3) is 0.667. The van der Waals surface area contributed by atoms with Crippen LogP contribution in [0.2, 0.25) is 0 Å². The molecule has 0 aliphatic heterocycles. The van der Waals surface area contributed by atoms with Crippen molar-refractivity contribution in [3.8, 4) is 0 Å². The van der Waals surface area contributed by atoms with Crippen molar-refractivity contribution in [2.75, 3.05) is 6.54 Å². The first kappa shape index (κ1) is 4.60. The predicted octanol–water partition coefficient (Wildman–Crippen LogP) is 1.24. The van der Waals surface area contributed by atoms with E-state index in [1.54, 1.807) is 0 Å². The molecule has 2 nitrogen and oxygen atoms in total. The van der Waals surface area contributed by atoms with Crippen molar-refractivity contribution in [1.82, 2.24) is 0 Å². The molecule has 0 spiro atoms. The van der Waals surface area contributed by atoms with Crippen LogP contribution in [0.4, 0.5) is 0 Å². The summed E-state index contributed by atoms with van der Waals surface area (Å²) in [7, 11) is 0. The van der Waals surface area contributed by atoms with E-state index in [4.69, 9.17) is 5.53 Å². The number of rotatable bonds is 2. The maximum Gasteiger partial charge on any atom is 0.0596 e. The molecule has 5 heavy (non-hydrogen) atoms. The first-order valence-corrected chi connectivity index (χ1v) is 1.54. The first-order chi connectivity index (χ1) is 2.41. The van der Waals surface area contributed by atoms with Crippen molar-refractivity contribution in [3.05, 3.63) is 6.92 Å². The normalized spacial score (nSPS) is 7.40. The third-order valence-corrected chi connectivity index (χ3v) is 0.270. The zero-order valence-corrected chi connectivity index (χ0v) is 3.07. The number of nitrogens with one attached hydrogen (secondary N) is 1. The van der Waals surface area contributed by atoms with Crippen LogP contribution < -0.4 is 0 Å². The topological polar surface area (TPSA) is 36.2 Å². The van der Waals surface area contributed by atoms with Crippen LogP contribution in [0.3, 0.4) is 0 Å². The summed E-state index contributed by atoms with van der Waals surface area (Å²) in [4.78, 5) is 0. The van der Waals surface area contributed by atoms with Gasteiger partial charge in [0.05, 0.1) is 6.54 Å². The minimum atomic E-state index is 0.569. The molecule has 29 valence electrons. The summed E-state index contributed by atoms with van der Waals surface area (Å²) in [5, 5.41) is 3.04. The van der Waals surface area contributed by atoms with Crippen LogP contribution in [-0.4, -0.2) is 6.54 Å². The van der Waals surface area contributed by atoms with E-state index in [-0.39, 0.29) is 0 Å². The fourth-order valence-corrected chi connectivity index (χ4v) is 0.0791. The molecule has 1 N–H and O–H groups in total. The summed E-state index contributed by atoms with van der Waals surface area (Å²) in [6, 6.07) is 0. The molecular weight excluding hydrogens is 64.0 g/mol. The first-order valence-electron chi connectivity index (χ1n) is 1.54. The van der Waals surface area contributed by atoms with E-state index in [2.05, 4.69) is 12.0 Å². The van der Waals surface area contributed by atoms with Crippen LogP contribution in [0.1, 0.15) is 6.42 Å². The lowest BCUT2D eigenvalue weighted by molar-refractivity contribution is 0.885. The maximum absolute atomic E-state index is 6.19. The Morgan fingerprint density at radius 2 is 2.40 bits per heavy atom. The highest BCUT2D eigenvalue weighted by Crippen LogP contribution is 1.70. The monoisotopic (exact) mass is 71.1 g/mol. The van der Waals surface area contributed by atoms with Gasteiger partial charge in [0.2, 0.25) is 0 Å². The maximum atomic E-state index is 6.19. The van der Waals surface area contributed by atoms with Gasteiger partial charge in [-0.25, -0.2) is 5.53 Å². The number of hydrogen-bond donors (Lipinski definition) is 1. The van der Waals surface area contributed by atoms with Gasteiger partial charge >= 0.3 is 0 Å². The number of nitrogens with zero attached hydrogens (tertiary/aromatic N) is 1. The Morgan fingerprint density at radius 3 is 2.40 bits per heavy atom. The summed E-state index contributed by atoms with van der Waals surface area (Å²) in [5.41, 5.74) is 6.19. The summed E-state index contributed by atoms with van der Waals surface area (Å²) < 4.78 is 0. The second kappa shape index (κ2) is 3.60. The molecule has 0 fully saturated rings. The summed E-state index contributed by atoms with van der Waals surface area (Å²) in [5.74, 6) is 0. The van der Waals surface area contributed by atoms with Gasteiger partial charge in [-0.15, -0.1) is 0 Å². The Labute approximate surface area is 31.7 Å². The van der Waals surface area contributed by atoms with Crippen molar-refractivity contribution in [1.29, 1.82) is 5.53 Å². The Bertz CT molecular complexity index is 26.1. The second-order valence-corrected chi connectivity index (χ2v) is 0.735. The van der Waals surface area contributed by atoms with Crippen LogP contribution in [0.15, 0.2) is 5.11 Å². The lowest BCUT2D eigenvalue weighted by atomic mass is 10.5. The molecule has 0 amide bonds. The van der Waals surface area contributed by atoms with E-state index < -0.39 is 0 Å². The molecule has 0 aliphatic rings. The molecule has 0 aliphatic carbocycles. The molecule has 0 heterocycles. The van der Waals surface area contributed by atoms with Gasteiger partial charge in [-0.3, -0.25) is 0 Å². The Hall–Kier alpha value is -0.400. The predicted molar refractivity (Wildman–Crippen MR) is 20.0 cm³/mol. The molecule has 2 heteroatoms. The van der Waals surface area contributed by atoms with Gasteiger partial charge in [-0.2, -0.15) is 5.11 Å². The second-order valence-electron chi connectivity index (χ2n) is 0.735. The van der Waals surface area contributed by atoms with Crippen molar-refractivity contribution in [2.45, 2.75) is 6.42 Å². The molecule has 0 aromatic rings. The average Bonchev–Trinajstić information content (AvgIpc) is 1.41. The van der Waals surface area contributed by atoms with Gasteiger partial charge in [-0.1, -0.05) is 6.92 Å². The largest absolute Gasteiger partial charge is 0.210 e. The highest BCUT2D eigenvalue weighted by atomic mass is 14.9. The lowest BCUT2D eigenvalue weighted by Crippen LogP contribution is -1.66. The standard InChI is InChI=1S/C3H7N2/c1-2-3-5-4/h4H,1-3H2. The van der Waals surface area contributed by atoms with E-state index in [9.17, 15) is 0 Å². The van der Waals surface area contributed by atoms with Crippen molar-refractivity contribution >= 4 is 0 Å². The molecule has 0 bridgehead atoms. The molecular formula is C3H7N2. The van der Waals surface area contributed by atoms with Gasteiger partial charge in [0, 0.05) is 0 Å². The summed E-state index contributed by atoms with van der Waals surface area (Å²) >= 11 is 0. The van der Waals surface area contributed by atoms with Crippen molar-refractivity contribution < 1.29 is 0 Å². The van der Waals surface area contributed by atoms with Crippen LogP contribution in [0, 0.1) is 12.5 Å². The molecule has 1 radical (unpaired) electrons. The fourth-order valence-electron chi connectivity index (χ4n) is 0.0791. The molecule has 0 aromatic heterocycles. The molecule has 0 saturated heterocycles. The minimum absolute atomic E-state index is 0.569. The van der Waals surface area contributed by atoms with E-state index in [1.807, 2.05) is 0 Å². The van der Waals surface area contributed by atoms with Crippen molar-refractivity contribution in [3.63, 3.8) is 0 Å². The Balaban J connectivity index is 2.40. The van der Waals surface area contributed by atoms with Gasteiger partial charge in [0.15, 0.2) is 0 Å². The van der Waals surface area contributed by atoms with Crippen LogP contribution in [0.5, 0.6) is 0 Å². The van der Waals surface area contributed by atoms with E-state index in [0.717, 1.165) is 6.42 Å². The summed E-state index contributed by atoms with van der Waals surface area (Å²) in [6.07, 6.45) is 0.740. The van der Waals surface area contributed by atoms with E-state index >= 15 is 0 Å². The molecule has 0 saturated carbocycles. The third kappa shape index (κ3) is 3.60. The molecule has 0 unspecified atom stereocenters. The highest BCUT2D eigenvalue weighted by molar-refractivity contribution is 4.36. The van der Waals surface area contributed by atoms with Crippen LogP contribution in [-0.2, 0) is 0 Å². The zero-order chi connectivity index (χ0) is 4.12. The zero-order valence-electron chi connectivity index (χ0n) is 3.07. The van der Waals surface area contributed by atoms with Gasteiger partial charge in [0.1, 0.15) is 0 Å². The molecule has 0 aromatic carbocycles. The SMILES string of the molecule is [CH2]CCN=N.